The van der Waals surface area contributed by atoms with Crippen molar-refractivity contribution in [3.8, 4) is 0 Å². The van der Waals surface area contributed by atoms with Gasteiger partial charge in [0.15, 0.2) is 0 Å². The van der Waals surface area contributed by atoms with Crippen LogP contribution in [0.15, 0.2) is 18.2 Å². The fraction of sp³-hybridized carbons (Fsp3) is 0.538. The van der Waals surface area contributed by atoms with Crippen molar-refractivity contribution >= 4 is 11.4 Å². The molecule has 1 aromatic carbocycles. The zero-order valence-corrected chi connectivity index (χ0v) is 10.9. The Morgan fingerprint density at radius 3 is 2.63 bits per heavy atom. The smallest absolute Gasteiger partial charge is 0.399 e. The van der Waals surface area contributed by atoms with Gasteiger partial charge in [0.1, 0.15) is 0 Å². The van der Waals surface area contributed by atoms with Gasteiger partial charge in [-0.15, -0.1) is 0 Å². The molecule has 0 spiro atoms. The SMILES string of the molecule is CCCOCCCNc1ccc(N)cc1C(F)(F)F. The summed E-state index contributed by atoms with van der Waals surface area (Å²) in [6.07, 6.45) is -2.82. The molecule has 3 N–H and O–H groups in total. The van der Waals surface area contributed by atoms with Crippen LogP contribution in [0.4, 0.5) is 24.5 Å². The number of nitrogen functional groups attached to an aromatic ring is 1. The van der Waals surface area contributed by atoms with Gasteiger partial charge in [0.05, 0.1) is 5.56 Å². The highest BCUT2D eigenvalue weighted by Crippen LogP contribution is 2.35. The molecular formula is C13H19F3N2O. The van der Waals surface area contributed by atoms with Gasteiger partial charge in [0, 0.05) is 31.1 Å². The van der Waals surface area contributed by atoms with Crippen molar-refractivity contribution in [3.63, 3.8) is 0 Å². The van der Waals surface area contributed by atoms with Gasteiger partial charge in [0.25, 0.3) is 0 Å². The van der Waals surface area contributed by atoms with Gasteiger partial charge in [-0.3, -0.25) is 0 Å². The van der Waals surface area contributed by atoms with Crippen LogP contribution in [-0.2, 0) is 10.9 Å². The lowest BCUT2D eigenvalue weighted by Gasteiger charge is -2.15. The Kier molecular flexibility index (Phi) is 5.95. The lowest BCUT2D eigenvalue weighted by Crippen LogP contribution is -2.13. The number of hydrogen-bond acceptors (Lipinski definition) is 3. The molecule has 6 heteroatoms. The van der Waals surface area contributed by atoms with Crippen molar-refractivity contribution in [2.24, 2.45) is 0 Å². The van der Waals surface area contributed by atoms with Crippen molar-refractivity contribution in [1.82, 2.24) is 0 Å². The number of alkyl halides is 3. The molecule has 0 unspecified atom stereocenters. The molecule has 0 aliphatic heterocycles. The van der Waals surface area contributed by atoms with Gasteiger partial charge in [-0.05, 0) is 31.0 Å². The van der Waals surface area contributed by atoms with E-state index in [2.05, 4.69) is 5.32 Å². The number of anilines is 2. The molecule has 0 aliphatic carbocycles. The summed E-state index contributed by atoms with van der Waals surface area (Å²) in [7, 11) is 0. The molecule has 19 heavy (non-hydrogen) atoms. The topological polar surface area (TPSA) is 47.3 Å². The third kappa shape index (κ3) is 5.38. The molecular weight excluding hydrogens is 257 g/mol. The fourth-order valence-electron chi connectivity index (χ4n) is 1.59. The van der Waals surface area contributed by atoms with Crippen LogP contribution >= 0.6 is 0 Å². The summed E-state index contributed by atoms with van der Waals surface area (Å²) in [6.45, 7) is 3.64. The third-order valence-electron chi connectivity index (χ3n) is 2.48. The summed E-state index contributed by atoms with van der Waals surface area (Å²) >= 11 is 0. The van der Waals surface area contributed by atoms with Crippen molar-refractivity contribution < 1.29 is 17.9 Å². The number of halogens is 3. The largest absolute Gasteiger partial charge is 0.418 e. The number of rotatable bonds is 7. The minimum Gasteiger partial charge on any atom is -0.399 e. The zero-order chi connectivity index (χ0) is 14.3. The van der Waals surface area contributed by atoms with Crippen molar-refractivity contribution in [2.75, 3.05) is 30.8 Å². The molecule has 0 heterocycles. The monoisotopic (exact) mass is 276 g/mol. The predicted octanol–water partition coefficient (Wildman–Crippen LogP) is 3.52. The normalized spacial score (nSPS) is 11.6. The molecule has 0 aromatic heterocycles. The van der Waals surface area contributed by atoms with Crippen LogP contribution in [0.5, 0.6) is 0 Å². The van der Waals surface area contributed by atoms with E-state index in [4.69, 9.17) is 10.5 Å². The Balaban J connectivity index is 2.54. The van der Waals surface area contributed by atoms with Gasteiger partial charge in [-0.25, -0.2) is 0 Å². The maximum atomic E-state index is 12.8. The van der Waals surface area contributed by atoms with E-state index in [1.165, 1.54) is 12.1 Å². The first-order valence-electron chi connectivity index (χ1n) is 6.23. The van der Waals surface area contributed by atoms with Crippen molar-refractivity contribution in [3.05, 3.63) is 23.8 Å². The van der Waals surface area contributed by atoms with Crippen LogP contribution in [0.1, 0.15) is 25.3 Å². The van der Waals surface area contributed by atoms with Crippen LogP contribution in [0.25, 0.3) is 0 Å². The van der Waals surface area contributed by atoms with Gasteiger partial charge >= 0.3 is 6.18 Å². The lowest BCUT2D eigenvalue weighted by molar-refractivity contribution is -0.136. The molecule has 0 radical (unpaired) electrons. The Morgan fingerprint density at radius 2 is 2.00 bits per heavy atom. The molecule has 0 saturated carbocycles. The predicted molar refractivity (Wildman–Crippen MR) is 70.1 cm³/mol. The second-order valence-electron chi connectivity index (χ2n) is 4.20. The fourth-order valence-corrected chi connectivity index (χ4v) is 1.59. The highest BCUT2D eigenvalue weighted by atomic mass is 19.4. The summed E-state index contributed by atoms with van der Waals surface area (Å²) in [5.74, 6) is 0. The molecule has 3 nitrogen and oxygen atoms in total. The Bertz CT molecular complexity index is 394. The average Bonchev–Trinajstić information content (AvgIpc) is 2.34. The van der Waals surface area contributed by atoms with Gasteiger partial charge in [-0.2, -0.15) is 13.2 Å². The molecule has 0 amide bonds. The van der Waals surface area contributed by atoms with Crippen LogP contribution < -0.4 is 11.1 Å². The van der Waals surface area contributed by atoms with Crippen LogP contribution in [0, 0.1) is 0 Å². The summed E-state index contributed by atoms with van der Waals surface area (Å²) in [4.78, 5) is 0. The van der Waals surface area contributed by atoms with Crippen LogP contribution in [0.3, 0.4) is 0 Å². The number of benzene rings is 1. The summed E-state index contributed by atoms with van der Waals surface area (Å²) in [6, 6.07) is 3.74. The van der Waals surface area contributed by atoms with Gasteiger partial charge < -0.3 is 15.8 Å². The molecule has 0 bridgehead atoms. The highest BCUT2D eigenvalue weighted by molar-refractivity contribution is 5.59. The molecule has 0 atom stereocenters. The molecule has 108 valence electrons. The van der Waals surface area contributed by atoms with Gasteiger partial charge in [0.2, 0.25) is 0 Å². The first-order valence-corrected chi connectivity index (χ1v) is 6.23. The summed E-state index contributed by atoms with van der Waals surface area (Å²) < 4.78 is 43.6. The third-order valence-corrected chi connectivity index (χ3v) is 2.48. The van der Waals surface area contributed by atoms with E-state index in [9.17, 15) is 13.2 Å². The average molecular weight is 276 g/mol. The summed E-state index contributed by atoms with van der Waals surface area (Å²) in [5.41, 5.74) is 4.81. The van der Waals surface area contributed by atoms with Crippen molar-refractivity contribution in [1.29, 1.82) is 0 Å². The first-order chi connectivity index (χ1) is 8.95. The molecule has 0 fully saturated rings. The zero-order valence-electron chi connectivity index (χ0n) is 10.9. The van der Waals surface area contributed by atoms with Gasteiger partial charge in [-0.1, -0.05) is 6.92 Å². The van der Waals surface area contributed by atoms with Crippen molar-refractivity contribution in [2.45, 2.75) is 25.9 Å². The summed E-state index contributed by atoms with van der Waals surface area (Å²) in [5, 5.41) is 2.77. The Morgan fingerprint density at radius 1 is 1.26 bits per heavy atom. The van der Waals surface area contributed by atoms with Crippen LogP contribution in [0.2, 0.25) is 0 Å². The minimum absolute atomic E-state index is 0.0530. The minimum atomic E-state index is -4.41. The van der Waals surface area contributed by atoms with E-state index in [0.717, 1.165) is 12.5 Å². The van der Waals surface area contributed by atoms with E-state index < -0.39 is 11.7 Å². The Hall–Kier alpha value is -1.43. The van der Waals surface area contributed by atoms with E-state index in [1.54, 1.807) is 0 Å². The molecule has 0 saturated heterocycles. The second kappa shape index (κ2) is 7.23. The quantitative estimate of drug-likeness (QED) is 0.591. The number of hydrogen-bond donors (Lipinski definition) is 2. The number of nitrogens with one attached hydrogen (secondary N) is 1. The number of nitrogens with two attached hydrogens (primary N) is 1. The van der Waals surface area contributed by atoms with E-state index in [0.29, 0.717) is 26.2 Å². The molecule has 0 aliphatic rings. The maximum Gasteiger partial charge on any atom is 0.418 e. The lowest BCUT2D eigenvalue weighted by atomic mass is 10.1. The highest BCUT2D eigenvalue weighted by Gasteiger charge is 2.33. The first kappa shape index (κ1) is 15.6. The van der Waals surface area contributed by atoms with E-state index in [1.807, 2.05) is 6.92 Å². The molecule has 1 rings (SSSR count). The second-order valence-corrected chi connectivity index (χ2v) is 4.20. The van der Waals surface area contributed by atoms with Crippen LogP contribution in [-0.4, -0.2) is 19.8 Å². The van der Waals surface area contributed by atoms with E-state index >= 15 is 0 Å². The number of ether oxygens (including phenoxy) is 1. The molecule has 1 aromatic rings. The Labute approximate surface area is 110 Å². The standard InChI is InChI=1S/C13H19F3N2O/c1-2-7-19-8-3-6-18-12-5-4-10(17)9-11(12)13(14,15)16/h4-5,9,18H,2-3,6-8,17H2,1H3. The van der Waals surface area contributed by atoms with E-state index in [-0.39, 0.29) is 11.4 Å². The maximum absolute atomic E-state index is 12.8.